The van der Waals surface area contributed by atoms with Crippen LogP contribution in [0, 0.1) is 13.8 Å². The normalized spacial score (nSPS) is 10.6. The average molecular weight is 224 g/mol. The van der Waals surface area contributed by atoms with Crippen molar-refractivity contribution in [2.75, 3.05) is 21.3 Å². The van der Waals surface area contributed by atoms with Crippen molar-refractivity contribution >= 4 is 0 Å². The Morgan fingerprint density at radius 3 is 2.00 bits per heavy atom. The fourth-order valence-corrected chi connectivity index (χ4v) is 1.91. The maximum Gasteiger partial charge on any atom is 0.124 e. The van der Waals surface area contributed by atoms with E-state index in [0.29, 0.717) is 13.2 Å². The van der Waals surface area contributed by atoms with Gasteiger partial charge in [-0.2, -0.15) is 0 Å². The molecule has 0 N–H and O–H groups in total. The lowest BCUT2D eigenvalue weighted by molar-refractivity contribution is 0.176. The Kier molecular flexibility index (Phi) is 4.77. The van der Waals surface area contributed by atoms with Crippen molar-refractivity contribution in [1.29, 1.82) is 0 Å². The lowest BCUT2D eigenvalue weighted by Crippen LogP contribution is -2.04. The summed E-state index contributed by atoms with van der Waals surface area (Å²) in [6, 6.07) is 2.04. The predicted octanol–water partition coefficient (Wildman–Crippen LogP) is 2.60. The largest absolute Gasteiger partial charge is 0.496 e. The highest BCUT2D eigenvalue weighted by atomic mass is 16.5. The second-order valence-corrected chi connectivity index (χ2v) is 3.84. The van der Waals surface area contributed by atoms with E-state index in [1.807, 2.05) is 6.07 Å². The summed E-state index contributed by atoms with van der Waals surface area (Å²) in [5.41, 5.74) is 4.70. The number of benzene rings is 1. The molecule has 3 nitrogen and oxygen atoms in total. The number of rotatable bonds is 5. The zero-order valence-electron chi connectivity index (χ0n) is 10.7. The Hall–Kier alpha value is -1.06. The van der Waals surface area contributed by atoms with E-state index < -0.39 is 0 Å². The first kappa shape index (κ1) is 13.0. The first-order valence-corrected chi connectivity index (χ1v) is 5.29. The summed E-state index contributed by atoms with van der Waals surface area (Å²) >= 11 is 0. The summed E-state index contributed by atoms with van der Waals surface area (Å²) in [7, 11) is 5.08. The molecule has 0 heterocycles. The smallest absolute Gasteiger partial charge is 0.124 e. The van der Waals surface area contributed by atoms with Crippen LogP contribution in [0.2, 0.25) is 0 Å². The Balaban J connectivity index is 3.27. The van der Waals surface area contributed by atoms with Gasteiger partial charge in [-0.15, -0.1) is 0 Å². The van der Waals surface area contributed by atoms with Crippen LogP contribution in [0.1, 0.15) is 22.3 Å². The summed E-state index contributed by atoms with van der Waals surface area (Å²) in [4.78, 5) is 0. The van der Waals surface area contributed by atoms with Crippen LogP contribution in [0.5, 0.6) is 5.75 Å². The third kappa shape index (κ3) is 2.54. The molecule has 16 heavy (non-hydrogen) atoms. The molecule has 0 bridgehead atoms. The minimum absolute atomic E-state index is 0.562. The van der Waals surface area contributed by atoms with E-state index in [1.54, 1.807) is 21.3 Å². The Morgan fingerprint density at radius 1 is 0.938 bits per heavy atom. The van der Waals surface area contributed by atoms with Gasteiger partial charge in [-0.3, -0.25) is 0 Å². The number of methoxy groups -OCH3 is 3. The molecule has 0 aliphatic rings. The van der Waals surface area contributed by atoms with E-state index in [0.717, 1.165) is 11.3 Å². The molecule has 0 aliphatic heterocycles. The number of hydrogen-bond acceptors (Lipinski definition) is 3. The quantitative estimate of drug-likeness (QED) is 0.769. The van der Waals surface area contributed by atoms with E-state index in [9.17, 15) is 0 Å². The predicted molar refractivity (Wildman–Crippen MR) is 63.9 cm³/mol. The molecule has 0 saturated carbocycles. The van der Waals surface area contributed by atoms with Crippen molar-refractivity contribution in [3.63, 3.8) is 0 Å². The highest BCUT2D eigenvalue weighted by Gasteiger charge is 2.13. The first-order chi connectivity index (χ1) is 7.65. The van der Waals surface area contributed by atoms with Gasteiger partial charge < -0.3 is 14.2 Å². The van der Waals surface area contributed by atoms with Gasteiger partial charge in [-0.25, -0.2) is 0 Å². The summed E-state index contributed by atoms with van der Waals surface area (Å²) in [6.45, 7) is 5.34. The molecular weight excluding hydrogens is 204 g/mol. The Bertz CT molecular complexity index is 359. The maximum atomic E-state index is 5.37. The van der Waals surface area contributed by atoms with E-state index in [4.69, 9.17) is 14.2 Å². The SMILES string of the molecule is COCc1c(C)cc(OC)c(COC)c1C. The van der Waals surface area contributed by atoms with Crippen molar-refractivity contribution in [2.24, 2.45) is 0 Å². The van der Waals surface area contributed by atoms with Crippen molar-refractivity contribution < 1.29 is 14.2 Å². The van der Waals surface area contributed by atoms with E-state index in [2.05, 4.69) is 13.8 Å². The van der Waals surface area contributed by atoms with Crippen molar-refractivity contribution in [2.45, 2.75) is 27.1 Å². The van der Waals surface area contributed by atoms with Gasteiger partial charge >= 0.3 is 0 Å². The molecule has 0 amide bonds. The fraction of sp³-hybridized carbons (Fsp3) is 0.538. The van der Waals surface area contributed by atoms with E-state index in [-0.39, 0.29) is 0 Å². The van der Waals surface area contributed by atoms with Crippen LogP contribution in [0.4, 0.5) is 0 Å². The third-order valence-corrected chi connectivity index (χ3v) is 2.82. The highest BCUT2D eigenvalue weighted by molar-refractivity contribution is 5.48. The molecule has 1 rings (SSSR count). The molecule has 0 atom stereocenters. The standard InChI is InChI=1S/C13H20O3/c1-9-6-13(16-5)12(8-15-4)10(2)11(9)7-14-3/h6H,7-8H2,1-5H3. The Morgan fingerprint density at radius 2 is 1.50 bits per heavy atom. The van der Waals surface area contributed by atoms with Gasteiger partial charge in [-0.05, 0) is 36.6 Å². The summed E-state index contributed by atoms with van der Waals surface area (Å²) in [5, 5.41) is 0. The molecule has 90 valence electrons. The molecule has 0 spiro atoms. The van der Waals surface area contributed by atoms with Gasteiger partial charge in [0.2, 0.25) is 0 Å². The molecule has 0 unspecified atom stereocenters. The molecule has 0 saturated heterocycles. The van der Waals surface area contributed by atoms with Crippen molar-refractivity contribution in [3.05, 3.63) is 28.3 Å². The van der Waals surface area contributed by atoms with Crippen molar-refractivity contribution in [3.8, 4) is 5.75 Å². The van der Waals surface area contributed by atoms with Gasteiger partial charge in [0.15, 0.2) is 0 Å². The van der Waals surface area contributed by atoms with Crippen LogP contribution >= 0.6 is 0 Å². The van der Waals surface area contributed by atoms with Gasteiger partial charge in [0, 0.05) is 19.8 Å². The fourth-order valence-electron chi connectivity index (χ4n) is 1.91. The summed E-state index contributed by atoms with van der Waals surface area (Å²) < 4.78 is 15.8. The number of aryl methyl sites for hydroxylation is 1. The lowest BCUT2D eigenvalue weighted by Gasteiger charge is -2.17. The molecule has 1 aromatic rings. The summed E-state index contributed by atoms with van der Waals surface area (Å²) in [6.07, 6.45) is 0. The summed E-state index contributed by atoms with van der Waals surface area (Å²) in [5.74, 6) is 0.886. The molecule has 0 aromatic heterocycles. The van der Waals surface area contributed by atoms with Crippen LogP contribution in [-0.4, -0.2) is 21.3 Å². The molecule has 0 fully saturated rings. The van der Waals surface area contributed by atoms with Crippen LogP contribution in [0.3, 0.4) is 0 Å². The van der Waals surface area contributed by atoms with E-state index >= 15 is 0 Å². The molecule has 0 aliphatic carbocycles. The minimum atomic E-state index is 0.562. The van der Waals surface area contributed by atoms with Gasteiger partial charge in [0.05, 0.1) is 20.3 Å². The number of ether oxygens (including phenoxy) is 3. The Labute approximate surface area is 97.3 Å². The number of hydrogen-bond donors (Lipinski definition) is 0. The van der Waals surface area contributed by atoms with Crippen LogP contribution in [-0.2, 0) is 22.7 Å². The van der Waals surface area contributed by atoms with Gasteiger partial charge in [0.25, 0.3) is 0 Å². The van der Waals surface area contributed by atoms with Crippen molar-refractivity contribution in [1.82, 2.24) is 0 Å². The molecule has 3 heteroatoms. The maximum absolute atomic E-state index is 5.37. The minimum Gasteiger partial charge on any atom is -0.496 e. The highest BCUT2D eigenvalue weighted by Crippen LogP contribution is 2.29. The zero-order chi connectivity index (χ0) is 12.1. The van der Waals surface area contributed by atoms with Crippen LogP contribution < -0.4 is 4.74 Å². The molecule has 1 aromatic carbocycles. The van der Waals surface area contributed by atoms with Crippen LogP contribution in [0.15, 0.2) is 6.07 Å². The van der Waals surface area contributed by atoms with Crippen LogP contribution in [0.25, 0.3) is 0 Å². The molecule has 0 radical (unpaired) electrons. The molecular formula is C13H20O3. The van der Waals surface area contributed by atoms with E-state index in [1.165, 1.54) is 16.7 Å². The average Bonchev–Trinajstić information content (AvgIpc) is 2.28. The van der Waals surface area contributed by atoms with Gasteiger partial charge in [-0.1, -0.05) is 0 Å². The second-order valence-electron chi connectivity index (χ2n) is 3.84. The topological polar surface area (TPSA) is 27.7 Å². The monoisotopic (exact) mass is 224 g/mol. The lowest BCUT2D eigenvalue weighted by atomic mass is 9.97. The zero-order valence-corrected chi connectivity index (χ0v) is 10.7. The third-order valence-electron chi connectivity index (χ3n) is 2.82. The second kappa shape index (κ2) is 5.87. The first-order valence-electron chi connectivity index (χ1n) is 5.29. The van der Waals surface area contributed by atoms with Gasteiger partial charge in [0.1, 0.15) is 5.75 Å².